The molecule has 1 amide bonds. The van der Waals surface area contributed by atoms with E-state index in [-0.39, 0.29) is 13.0 Å². The molecule has 114 valence electrons. The van der Waals surface area contributed by atoms with Crippen molar-refractivity contribution in [2.45, 2.75) is 18.9 Å². The number of ether oxygens (including phenoxy) is 1. The highest BCUT2D eigenvalue weighted by Gasteiger charge is 2.22. The van der Waals surface area contributed by atoms with Crippen LogP contribution >= 0.6 is 11.6 Å². The van der Waals surface area contributed by atoms with Gasteiger partial charge in [0.05, 0.1) is 19.4 Å². The highest BCUT2D eigenvalue weighted by Crippen LogP contribution is 2.17. The Bertz CT molecular complexity index is 533. The summed E-state index contributed by atoms with van der Waals surface area (Å²) in [4.78, 5) is 32.8. The van der Waals surface area contributed by atoms with Crippen LogP contribution in [0.15, 0.2) is 24.3 Å². The van der Waals surface area contributed by atoms with Crippen molar-refractivity contribution >= 4 is 29.4 Å². The van der Waals surface area contributed by atoms with Gasteiger partial charge in [0.15, 0.2) is 0 Å². The number of carbonyl (C=O) groups excluding carboxylic acids is 1. The first-order valence-corrected chi connectivity index (χ1v) is 6.38. The quantitative estimate of drug-likeness (QED) is 0.663. The zero-order valence-electron chi connectivity index (χ0n) is 10.9. The van der Waals surface area contributed by atoms with Crippen LogP contribution in [0.4, 0.5) is 0 Å². The number of amides is 1. The molecule has 0 bridgehead atoms. The number of halogens is 1. The summed E-state index contributed by atoms with van der Waals surface area (Å²) in [5.41, 5.74) is 0. The van der Waals surface area contributed by atoms with E-state index in [9.17, 15) is 14.4 Å². The summed E-state index contributed by atoms with van der Waals surface area (Å²) in [6, 6.07) is 5.13. The van der Waals surface area contributed by atoms with Gasteiger partial charge in [0.1, 0.15) is 11.8 Å². The van der Waals surface area contributed by atoms with E-state index < -0.39 is 30.3 Å². The van der Waals surface area contributed by atoms with Crippen LogP contribution in [0.2, 0.25) is 5.02 Å². The lowest BCUT2D eigenvalue weighted by Gasteiger charge is -2.12. The fourth-order valence-electron chi connectivity index (χ4n) is 1.46. The smallest absolute Gasteiger partial charge is 0.326 e. The predicted octanol–water partition coefficient (Wildman–Crippen LogP) is 1.15. The fourth-order valence-corrected chi connectivity index (χ4v) is 1.64. The molecule has 21 heavy (non-hydrogen) atoms. The molecule has 0 spiro atoms. The maximum absolute atomic E-state index is 11.5. The molecule has 0 saturated heterocycles. The summed E-state index contributed by atoms with van der Waals surface area (Å²) < 4.78 is 5.27. The van der Waals surface area contributed by atoms with Crippen molar-refractivity contribution in [2.24, 2.45) is 0 Å². The lowest BCUT2D eigenvalue weighted by atomic mass is 10.2. The van der Waals surface area contributed by atoms with Gasteiger partial charge in [0.25, 0.3) is 0 Å². The molecular formula is C13H14ClNO6. The standard InChI is InChI=1S/C13H14ClNO6/c14-8-2-1-3-9(6-8)21-5-4-11(16)15-10(13(19)20)7-12(17)18/h1-3,6,10H,4-5,7H2,(H,15,16)(H,17,18)(H,19,20)/t10-/m1/s1. The molecule has 0 fully saturated rings. The summed E-state index contributed by atoms with van der Waals surface area (Å²) in [5, 5.41) is 19.9. The first kappa shape index (κ1) is 16.8. The lowest BCUT2D eigenvalue weighted by molar-refractivity contribution is -0.147. The predicted molar refractivity (Wildman–Crippen MR) is 73.4 cm³/mol. The normalized spacial score (nSPS) is 11.5. The van der Waals surface area contributed by atoms with Gasteiger partial charge in [-0.15, -0.1) is 0 Å². The van der Waals surface area contributed by atoms with Gasteiger partial charge >= 0.3 is 11.9 Å². The van der Waals surface area contributed by atoms with Gasteiger partial charge in [-0.25, -0.2) is 4.79 Å². The molecule has 0 radical (unpaired) electrons. The highest BCUT2D eigenvalue weighted by atomic mass is 35.5. The Kier molecular flexibility index (Phi) is 6.48. The average molecular weight is 316 g/mol. The van der Waals surface area contributed by atoms with E-state index in [0.717, 1.165) is 0 Å². The van der Waals surface area contributed by atoms with Crippen molar-refractivity contribution in [3.8, 4) is 5.75 Å². The van der Waals surface area contributed by atoms with E-state index >= 15 is 0 Å². The van der Waals surface area contributed by atoms with Gasteiger partial charge in [-0.05, 0) is 18.2 Å². The molecule has 1 rings (SSSR count). The van der Waals surface area contributed by atoms with Crippen LogP contribution in [0.25, 0.3) is 0 Å². The molecular weight excluding hydrogens is 302 g/mol. The minimum absolute atomic E-state index is 0.0194. The monoisotopic (exact) mass is 315 g/mol. The van der Waals surface area contributed by atoms with Crippen LogP contribution in [0.3, 0.4) is 0 Å². The number of benzene rings is 1. The third-order valence-corrected chi connectivity index (χ3v) is 2.64. The van der Waals surface area contributed by atoms with Crippen molar-refractivity contribution in [3.05, 3.63) is 29.3 Å². The van der Waals surface area contributed by atoms with Crippen LogP contribution < -0.4 is 10.1 Å². The van der Waals surface area contributed by atoms with E-state index in [1.807, 2.05) is 0 Å². The number of hydrogen-bond acceptors (Lipinski definition) is 4. The molecule has 7 nitrogen and oxygen atoms in total. The Labute approximate surface area is 125 Å². The van der Waals surface area contributed by atoms with E-state index in [1.165, 1.54) is 0 Å². The maximum Gasteiger partial charge on any atom is 0.326 e. The molecule has 0 unspecified atom stereocenters. The lowest BCUT2D eigenvalue weighted by Crippen LogP contribution is -2.42. The van der Waals surface area contributed by atoms with Crippen LogP contribution in [-0.2, 0) is 14.4 Å². The zero-order chi connectivity index (χ0) is 15.8. The second kappa shape index (κ2) is 8.11. The number of nitrogens with one attached hydrogen (secondary N) is 1. The summed E-state index contributed by atoms with van der Waals surface area (Å²) >= 11 is 5.76. The summed E-state index contributed by atoms with van der Waals surface area (Å²) in [7, 11) is 0. The highest BCUT2D eigenvalue weighted by molar-refractivity contribution is 6.30. The number of rotatable bonds is 8. The minimum atomic E-state index is -1.46. The number of aliphatic carboxylic acids is 2. The molecule has 0 aliphatic heterocycles. The van der Waals surface area contributed by atoms with Crippen molar-refractivity contribution in [1.82, 2.24) is 5.32 Å². The Balaban J connectivity index is 2.39. The van der Waals surface area contributed by atoms with E-state index in [2.05, 4.69) is 5.32 Å². The second-order valence-electron chi connectivity index (χ2n) is 4.11. The van der Waals surface area contributed by atoms with Gasteiger partial charge in [0.2, 0.25) is 5.91 Å². The average Bonchev–Trinajstić information content (AvgIpc) is 2.37. The Morgan fingerprint density at radius 1 is 1.29 bits per heavy atom. The van der Waals surface area contributed by atoms with Gasteiger partial charge in [-0.1, -0.05) is 17.7 Å². The van der Waals surface area contributed by atoms with E-state index in [4.69, 9.17) is 26.6 Å². The van der Waals surface area contributed by atoms with Gasteiger partial charge in [0, 0.05) is 5.02 Å². The number of carbonyl (C=O) groups is 3. The molecule has 0 aliphatic carbocycles. The maximum atomic E-state index is 11.5. The van der Waals surface area contributed by atoms with Crippen molar-refractivity contribution in [1.29, 1.82) is 0 Å². The second-order valence-corrected chi connectivity index (χ2v) is 4.55. The molecule has 0 aliphatic rings. The van der Waals surface area contributed by atoms with Crippen LogP contribution in [0.5, 0.6) is 5.75 Å². The largest absolute Gasteiger partial charge is 0.493 e. The number of carboxylic acid groups (broad SMARTS) is 2. The molecule has 0 aromatic heterocycles. The minimum Gasteiger partial charge on any atom is -0.493 e. The number of hydrogen-bond donors (Lipinski definition) is 3. The Morgan fingerprint density at radius 2 is 2.00 bits per heavy atom. The first-order valence-electron chi connectivity index (χ1n) is 6.01. The molecule has 1 aromatic rings. The van der Waals surface area contributed by atoms with E-state index in [0.29, 0.717) is 10.8 Å². The van der Waals surface area contributed by atoms with Crippen molar-refractivity contribution in [2.75, 3.05) is 6.61 Å². The van der Waals surface area contributed by atoms with Gasteiger partial charge < -0.3 is 20.3 Å². The SMILES string of the molecule is O=C(O)C[C@@H](NC(=O)CCOc1cccc(Cl)c1)C(=O)O. The van der Waals surface area contributed by atoms with Gasteiger partial charge in [-0.3, -0.25) is 9.59 Å². The zero-order valence-corrected chi connectivity index (χ0v) is 11.7. The van der Waals surface area contributed by atoms with Crippen molar-refractivity contribution < 1.29 is 29.3 Å². The fraction of sp³-hybridized carbons (Fsp3) is 0.308. The molecule has 1 atom stereocenters. The van der Waals surface area contributed by atoms with Crippen LogP contribution in [-0.4, -0.2) is 40.7 Å². The topological polar surface area (TPSA) is 113 Å². The molecule has 1 aromatic carbocycles. The number of carboxylic acids is 2. The third-order valence-electron chi connectivity index (χ3n) is 2.41. The Morgan fingerprint density at radius 3 is 2.57 bits per heavy atom. The summed E-state index contributed by atoms with van der Waals surface area (Å²) in [6.07, 6.45) is -0.786. The molecule has 3 N–H and O–H groups in total. The van der Waals surface area contributed by atoms with Crippen LogP contribution in [0.1, 0.15) is 12.8 Å². The Hall–Kier alpha value is -2.28. The molecule has 0 saturated carbocycles. The van der Waals surface area contributed by atoms with Crippen LogP contribution in [0, 0.1) is 0 Å². The molecule has 8 heteroatoms. The first-order chi connectivity index (χ1) is 9.88. The van der Waals surface area contributed by atoms with Gasteiger partial charge in [-0.2, -0.15) is 0 Å². The van der Waals surface area contributed by atoms with Crippen molar-refractivity contribution in [3.63, 3.8) is 0 Å². The summed E-state index contributed by atoms with van der Waals surface area (Å²) in [6.45, 7) is 0.0194. The summed E-state index contributed by atoms with van der Waals surface area (Å²) in [5.74, 6) is -2.83. The third kappa shape index (κ3) is 6.62. The molecule has 0 heterocycles. The van der Waals surface area contributed by atoms with E-state index in [1.54, 1.807) is 24.3 Å².